The molecule has 0 unspecified atom stereocenters. The fourth-order valence-corrected chi connectivity index (χ4v) is 2.43. The van der Waals surface area contributed by atoms with Gasteiger partial charge in [-0.05, 0) is 36.6 Å². The molecule has 7 heteroatoms. The number of nitriles is 1. The number of pyridine rings is 2. The van der Waals surface area contributed by atoms with E-state index in [1.54, 1.807) is 18.2 Å². The van der Waals surface area contributed by atoms with E-state index in [4.69, 9.17) is 5.26 Å². The van der Waals surface area contributed by atoms with Crippen molar-refractivity contribution in [2.75, 3.05) is 16.8 Å². The topological polar surface area (TPSA) is 99.0 Å². The van der Waals surface area contributed by atoms with Crippen LogP contribution in [-0.4, -0.2) is 28.8 Å². The van der Waals surface area contributed by atoms with Gasteiger partial charge in [-0.25, -0.2) is 14.8 Å². The van der Waals surface area contributed by atoms with Crippen LogP contribution in [0.5, 0.6) is 0 Å². The average Bonchev–Trinajstić information content (AvgIpc) is 2.61. The maximum absolute atomic E-state index is 12.5. The van der Waals surface area contributed by atoms with Crippen LogP contribution in [0.15, 0.2) is 30.5 Å². The smallest absolute Gasteiger partial charge is 0.296 e. The number of hydrogen-bond acceptors (Lipinski definition) is 5. The Morgan fingerprint density at radius 2 is 2.22 bits per heavy atom. The number of urea groups is 1. The number of fused-ring (bicyclic) bond motifs is 1. The maximum atomic E-state index is 12.5. The molecule has 1 N–H and O–H groups in total. The van der Waals surface area contributed by atoms with Gasteiger partial charge in [0.25, 0.3) is 0 Å². The van der Waals surface area contributed by atoms with Crippen LogP contribution in [-0.2, 0) is 6.42 Å². The first kappa shape index (κ1) is 14.7. The summed E-state index contributed by atoms with van der Waals surface area (Å²) in [5.41, 5.74) is 1.65. The first-order valence-corrected chi connectivity index (χ1v) is 7.11. The molecular weight excluding hydrogens is 294 g/mol. The summed E-state index contributed by atoms with van der Waals surface area (Å²) in [4.78, 5) is 33.1. The number of aldehydes is 1. The second kappa shape index (κ2) is 6.23. The Morgan fingerprint density at radius 1 is 1.35 bits per heavy atom. The van der Waals surface area contributed by atoms with E-state index in [-0.39, 0.29) is 6.03 Å². The van der Waals surface area contributed by atoms with Crippen molar-refractivity contribution in [3.63, 3.8) is 0 Å². The molecular formula is C16H13N5O2. The Morgan fingerprint density at radius 3 is 2.91 bits per heavy atom. The first-order chi connectivity index (χ1) is 11.2. The van der Waals surface area contributed by atoms with Crippen LogP contribution in [0.4, 0.5) is 16.4 Å². The van der Waals surface area contributed by atoms with Gasteiger partial charge in [0.05, 0.1) is 5.56 Å². The molecule has 0 bridgehead atoms. The van der Waals surface area contributed by atoms with Gasteiger partial charge in [0.15, 0.2) is 6.29 Å². The van der Waals surface area contributed by atoms with Crippen molar-refractivity contribution in [1.82, 2.24) is 9.97 Å². The van der Waals surface area contributed by atoms with E-state index in [0.29, 0.717) is 35.7 Å². The van der Waals surface area contributed by atoms with E-state index in [0.717, 1.165) is 18.4 Å². The number of aromatic nitrogens is 2. The normalized spacial score (nSPS) is 12.9. The molecule has 0 aromatic carbocycles. The Bertz CT molecular complexity index is 795. The third kappa shape index (κ3) is 3.01. The number of rotatable bonds is 2. The molecule has 2 aromatic heterocycles. The molecule has 0 atom stereocenters. The highest BCUT2D eigenvalue weighted by atomic mass is 16.2. The molecule has 0 fully saturated rings. The fourth-order valence-electron chi connectivity index (χ4n) is 2.43. The van der Waals surface area contributed by atoms with Gasteiger partial charge >= 0.3 is 6.03 Å². The summed E-state index contributed by atoms with van der Waals surface area (Å²) >= 11 is 0. The van der Waals surface area contributed by atoms with Crippen molar-refractivity contribution in [3.8, 4) is 6.07 Å². The third-order valence-electron chi connectivity index (χ3n) is 3.55. The largest absolute Gasteiger partial charge is 0.328 e. The second-order valence-corrected chi connectivity index (χ2v) is 5.07. The Balaban J connectivity index is 1.83. The van der Waals surface area contributed by atoms with E-state index >= 15 is 0 Å². The number of carbonyl (C=O) groups excluding carboxylic acids is 2. The lowest BCUT2D eigenvalue weighted by molar-refractivity contribution is 0.111. The van der Waals surface area contributed by atoms with Crippen molar-refractivity contribution in [3.05, 3.63) is 47.3 Å². The predicted molar refractivity (Wildman–Crippen MR) is 83.3 cm³/mol. The van der Waals surface area contributed by atoms with Crippen molar-refractivity contribution in [1.29, 1.82) is 5.26 Å². The molecule has 2 amide bonds. The third-order valence-corrected chi connectivity index (χ3v) is 3.55. The standard InChI is InChI=1S/C16H13N5O2/c17-8-11-3-6-14(18-9-11)20-16(23)21-7-1-2-12-4-5-13(10-22)19-15(12)21/h3-6,9-10H,1-2,7H2,(H,18,20,23). The molecule has 23 heavy (non-hydrogen) atoms. The predicted octanol–water partition coefficient (Wildman–Crippen LogP) is 2.15. The molecule has 0 aliphatic carbocycles. The van der Waals surface area contributed by atoms with E-state index in [1.165, 1.54) is 11.1 Å². The highest BCUT2D eigenvalue weighted by Crippen LogP contribution is 2.25. The van der Waals surface area contributed by atoms with Crippen LogP contribution in [0.2, 0.25) is 0 Å². The molecule has 7 nitrogen and oxygen atoms in total. The van der Waals surface area contributed by atoms with Gasteiger partial charge in [0.2, 0.25) is 0 Å². The summed E-state index contributed by atoms with van der Waals surface area (Å²) in [6, 6.07) is 8.22. The highest BCUT2D eigenvalue weighted by Gasteiger charge is 2.24. The fraction of sp³-hybridized carbons (Fsp3) is 0.188. The lowest BCUT2D eigenvalue weighted by Crippen LogP contribution is -2.39. The minimum absolute atomic E-state index is 0.292. The first-order valence-electron chi connectivity index (χ1n) is 7.11. The number of nitrogens with one attached hydrogen (secondary N) is 1. The van der Waals surface area contributed by atoms with Gasteiger partial charge in [-0.15, -0.1) is 0 Å². The van der Waals surface area contributed by atoms with Crippen LogP contribution in [0, 0.1) is 11.3 Å². The van der Waals surface area contributed by atoms with Crippen molar-refractivity contribution >= 4 is 24.0 Å². The molecule has 0 saturated carbocycles. The van der Waals surface area contributed by atoms with Gasteiger partial charge in [0.1, 0.15) is 23.4 Å². The van der Waals surface area contributed by atoms with Gasteiger partial charge in [-0.2, -0.15) is 5.26 Å². The number of carbonyl (C=O) groups is 2. The number of hydrogen-bond donors (Lipinski definition) is 1. The Hall–Kier alpha value is -3.27. The van der Waals surface area contributed by atoms with Crippen LogP contribution >= 0.6 is 0 Å². The zero-order valence-corrected chi connectivity index (χ0v) is 12.2. The van der Waals surface area contributed by atoms with Crippen LogP contribution < -0.4 is 10.2 Å². The summed E-state index contributed by atoms with van der Waals surface area (Å²) in [6.07, 6.45) is 3.69. The lowest BCUT2D eigenvalue weighted by atomic mass is 10.1. The molecule has 2 aromatic rings. The van der Waals surface area contributed by atoms with Gasteiger partial charge in [-0.3, -0.25) is 15.0 Å². The minimum Gasteiger partial charge on any atom is -0.296 e. The summed E-state index contributed by atoms with van der Waals surface area (Å²) in [5.74, 6) is 0.861. The van der Waals surface area contributed by atoms with Crippen LogP contribution in [0.1, 0.15) is 28.0 Å². The van der Waals surface area contributed by atoms with Gasteiger partial charge in [-0.1, -0.05) is 6.07 Å². The molecule has 0 spiro atoms. The molecule has 1 aliphatic heterocycles. The van der Waals surface area contributed by atoms with Crippen molar-refractivity contribution in [2.24, 2.45) is 0 Å². The Labute approximate surface area is 132 Å². The minimum atomic E-state index is -0.362. The van der Waals surface area contributed by atoms with E-state index in [1.807, 2.05) is 12.1 Å². The van der Waals surface area contributed by atoms with E-state index < -0.39 is 0 Å². The quantitative estimate of drug-likeness (QED) is 0.857. The average molecular weight is 307 g/mol. The van der Waals surface area contributed by atoms with Crippen LogP contribution in [0.25, 0.3) is 0 Å². The molecule has 0 radical (unpaired) electrons. The SMILES string of the molecule is N#Cc1ccc(NC(=O)N2CCCc3ccc(C=O)nc32)nc1. The van der Waals surface area contributed by atoms with E-state index in [2.05, 4.69) is 15.3 Å². The molecule has 114 valence electrons. The van der Waals surface area contributed by atoms with Gasteiger partial charge in [0, 0.05) is 12.7 Å². The lowest BCUT2D eigenvalue weighted by Gasteiger charge is -2.28. The molecule has 3 heterocycles. The molecule has 0 saturated heterocycles. The summed E-state index contributed by atoms with van der Waals surface area (Å²) in [5, 5.41) is 11.4. The summed E-state index contributed by atoms with van der Waals surface area (Å²) in [7, 11) is 0. The molecule has 1 aliphatic rings. The Kier molecular flexibility index (Phi) is 3.97. The highest BCUT2D eigenvalue weighted by molar-refractivity contribution is 6.01. The zero-order valence-electron chi connectivity index (χ0n) is 12.2. The molecule has 3 rings (SSSR count). The zero-order chi connectivity index (χ0) is 16.2. The maximum Gasteiger partial charge on any atom is 0.328 e. The number of amides is 2. The van der Waals surface area contributed by atoms with Crippen LogP contribution in [0.3, 0.4) is 0 Å². The number of aryl methyl sites for hydroxylation is 1. The van der Waals surface area contributed by atoms with Crippen molar-refractivity contribution in [2.45, 2.75) is 12.8 Å². The second-order valence-electron chi connectivity index (χ2n) is 5.07. The number of nitrogens with zero attached hydrogens (tertiary/aromatic N) is 4. The number of anilines is 2. The summed E-state index contributed by atoms with van der Waals surface area (Å²) < 4.78 is 0. The van der Waals surface area contributed by atoms with Crippen molar-refractivity contribution < 1.29 is 9.59 Å². The monoisotopic (exact) mass is 307 g/mol. The van der Waals surface area contributed by atoms with Gasteiger partial charge < -0.3 is 0 Å². The van der Waals surface area contributed by atoms with E-state index in [9.17, 15) is 9.59 Å². The summed E-state index contributed by atoms with van der Waals surface area (Å²) in [6.45, 7) is 0.518.